The third-order valence-corrected chi connectivity index (χ3v) is 5.43. The quantitative estimate of drug-likeness (QED) is 0.737. The molecule has 0 unspecified atom stereocenters. The Morgan fingerprint density at radius 3 is 2.16 bits per heavy atom. The van der Waals surface area contributed by atoms with E-state index in [9.17, 15) is 13.8 Å². The standard InChI is InChI=1S/C16H13Cl2NO5S/c1-23-15(20)12-11-6-25(22)7-19(11)14(13(12)16(21)24-2)8-3-9(17)5-10(18)4-8/h3-5H,6-7H2,1-2H3/t25-/m0/s1. The van der Waals surface area contributed by atoms with E-state index in [2.05, 4.69) is 0 Å². The maximum Gasteiger partial charge on any atom is 0.340 e. The predicted molar refractivity (Wildman–Crippen MR) is 94.4 cm³/mol. The van der Waals surface area contributed by atoms with E-state index in [1.807, 2.05) is 0 Å². The van der Waals surface area contributed by atoms with E-state index >= 15 is 0 Å². The molecule has 0 saturated heterocycles. The molecule has 2 aromatic rings. The maximum absolute atomic E-state index is 12.4. The van der Waals surface area contributed by atoms with Crippen molar-refractivity contribution < 1.29 is 23.3 Å². The van der Waals surface area contributed by atoms with Crippen LogP contribution in [-0.2, 0) is 31.9 Å². The number of nitrogens with zero attached hydrogens (tertiary/aromatic N) is 1. The molecule has 3 rings (SSSR count). The summed E-state index contributed by atoms with van der Waals surface area (Å²) in [6, 6.07) is 4.78. The van der Waals surface area contributed by atoms with Crippen LogP contribution < -0.4 is 0 Å². The van der Waals surface area contributed by atoms with Crippen LogP contribution in [0, 0.1) is 0 Å². The molecule has 0 aliphatic carbocycles. The zero-order valence-corrected chi connectivity index (χ0v) is 15.6. The van der Waals surface area contributed by atoms with Crippen LogP contribution in [0.2, 0.25) is 10.0 Å². The van der Waals surface area contributed by atoms with Crippen molar-refractivity contribution in [1.29, 1.82) is 0 Å². The van der Waals surface area contributed by atoms with Gasteiger partial charge in [-0.25, -0.2) is 9.59 Å². The molecule has 1 aromatic carbocycles. The number of rotatable bonds is 3. The number of ether oxygens (including phenoxy) is 2. The van der Waals surface area contributed by atoms with Gasteiger partial charge in [0.2, 0.25) is 0 Å². The summed E-state index contributed by atoms with van der Waals surface area (Å²) in [6.45, 7) is 0. The van der Waals surface area contributed by atoms with Crippen LogP contribution in [0.5, 0.6) is 0 Å². The average Bonchev–Trinajstić information content (AvgIpc) is 3.06. The van der Waals surface area contributed by atoms with Crippen molar-refractivity contribution in [3.8, 4) is 11.3 Å². The molecule has 0 bridgehead atoms. The monoisotopic (exact) mass is 401 g/mol. The van der Waals surface area contributed by atoms with E-state index in [4.69, 9.17) is 32.7 Å². The van der Waals surface area contributed by atoms with Crippen molar-refractivity contribution in [2.45, 2.75) is 11.6 Å². The number of benzene rings is 1. The van der Waals surface area contributed by atoms with Crippen molar-refractivity contribution in [2.75, 3.05) is 14.2 Å². The van der Waals surface area contributed by atoms with Crippen LogP contribution in [-0.4, -0.2) is 34.9 Å². The predicted octanol–water partition coefficient (Wildman–Crippen LogP) is 3.25. The fourth-order valence-corrected chi connectivity index (χ4v) is 4.71. The van der Waals surface area contributed by atoms with Gasteiger partial charge in [-0.3, -0.25) is 4.21 Å². The Balaban J connectivity index is 2.39. The summed E-state index contributed by atoms with van der Waals surface area (Å²) in [5.41, 5.74) is 1.49. The summed E-state index contributed by atoms with van der Waals surface area (Å²) in [4.78, 5) is 24.7. The molecule has 1 aliphatic rings. The molecule has 2 heterocycles. The van der Waals surface area contributed by atoms with Gasteiger partial charge in [0.05, 0.1) is 37.1 Å². The van der Waals surface area contributed by atoms with Crippen LogP contribution in [0.3, 0.4) is 0 Å². The van der Waals surface area contributed by atoms with Gasteiger partial charge in [-0.2, -0.15) is 0 Å². The molecule has 132 valence electrons. The minimum Gasteiger partial charge on any atom is -0.465 e. The lowest BCUT2D eigenvalue weighted by molar-refractivity contribution is 0.0556. The Labute approximate surface area is 156 Å². The van der Waals surface area contributed by atoms with Crippen LogP contribution in [0.15, 0.2) is 18.2 Å². The Bertz CT molecular complexity index is 901. The minimum atomic E-state index is -1.20. The van der Waals surface area contributed by atoms with Gasteiger partial charge >= 0.3 is 11.9 Å². The molecule has 6 nitrogen and oxygen atoms in total. The molecule has 0 fully saturated rings. The Kier molecular flexibility index (Phi) is 4.90. The second kappa shape index (κ2) is 6.82. The highest BCUT2D eigenvalue weighted by atomic mass is 35.5. The summed E-state index contributed by atoms with van der Waals surface area (Å²) in [7, 11) is 1.24. The Hall–Kier alpha value is -1.83. The van der Waals surface area contributed by atoms with Crippen molar-refractivity contribution in [3.63, 3.8) is 0 Å². The van der Waals surface area contributed by atoms with Crippen LogP contribution in [0.4, 0.5) is 0 Å². The maximum atomic E-state index is 12.4. The molecule has 0 radical (unpaired) electrons. The lowest BCUT2D eigenvalue weighted by Gasteiger charge is -2.10. The molecule has 1 aliphatic heterocycles. The van der Waals surface area contributed by atoms with E-state index in [-0.39, 0.29) is 22.8 Å². The fourth-order valence-electron chi connectivity index (χ4n) is 2.92. The average molecular weight is 402 g/mol. The molecular weight excluding hydrogens is 389 g/mol. The number of carbonyl (C=O) groups is 2. The second-order valence-corrected chi connectivity index (χ2v) is 7.63. The summed E-state index contributed by atoms with van der Waals surface area (Å²) in [6.07, 6.45) is 0. The first kappa shape index (κ1) is 18.0. The van der Waals surface area contributed by atoms with Gasteiger partial charge in [0.15, 0.2) is 0 Å². The SMILES string of the molecule is COC(=O)c1c(C(=O)OC)c(-c2cc(Cl)cc(Cl)c2)n2c1C[S@](=O)C2. The fraction of sp³-hybridized carbons (Fsp3) is 0.250. The van der Waals surface area contributed by atoms with Gasteiger partial charge < -0.3 is 14.0 Å². The lowest BCUT2D eigenvalue weighted by atomic mass is 10.0. The topological polar surface area (TPSA) is 74.6 Å². The Morgan fingerprint density at radius 1 is 1.04 bits per heavy atom. The van der Waals surface area contributed by atoms with E-state index < -0.39 is 22.7 Å². The van der Waals surface area contributed by atoms with Gasteiger partial charge in [-0.1, -0.05) is 23.2 Å². The number of esters is 2. The highest BCUT2D eigenvalue weighted by molar-refractivity contribution is 7.83. The van der Waals surface area contributed by atoms with Crippen molar-refractivity contribution >= 4 is 45.9 Å². The van der Waals surface area contributed by atoms with Crippen LogP contribution in [0.1, 0.15) is 26.4 Å². The summed E-state index contributed by atoms with van der Waals surface area (Å²) in [5, 5.41) is 0.736. The van der Waals surface area contributed by atoms with Crippen LogP contribution in [0.25, 0.3) is 11.3 Å². The smallest absolute Gasteiger partial charge is 0.340 e. The minimum absolute atomic E-state index is 0.0550. The highest BCUT2D eigenvalue weighted by Gasteiger charge is 2.37. The molecule has 0 amide bonds. The first-order valence-corrected chi connectivity index (χ1v) is 9.35. The first-order valence-electron chi connectivity index (χ1n) is 7.10. The van der Waals surface area contributed by atoms with Gasteiger partial charge in [-0.15, -0.1) is 0 Å². The zero-order valence-electron chi connectivity index (χ0n) is 13.3. The van der Waals surface area contributed by atoms with E-state index in [0.29, 0.717) is 27.0 Å². The van der Waals surface area contributed by atoms with Crippen LogP contribution >= 0.6 is 23.2 Å². The lowest BCUT2D eigenvalue weighted by Crippen LogP contribution is -2.12. The molecule has 25 heavy (non-hydrogen) atoms. The van der Waals surface area contributed by atoms with Crippen molar-refractivity contribution in [2.24, 2.45) is 0 Å². The van der Waals surface area contributed by atoms with Crippen molar-refractivity contribution in [3.05, 3.63) is 45.1 Å². The highest BCUT2D eigenvalue weighted by Crippen LogP contribution is 2.38. The van der Waals surface area contributed by atoms with E-state index in [0.717, 1.165) is 0 Å². The molecular formula is C16H13Cl2NO5S. The summed E-state index contributed by atoms with van der Waals surface area (Å²) in [5.74, 6) is -1.10. The van der Waals surface area contributed by atoms with E-state index in [1.54, 1.807) is 22.8 Å². The largest absolute Gasteiger partial charge is 0.465 e. The number of aromatic nitrogens is 1. The molecule has 1 atom stereocenters. The first-order chi connectivity index (χ1) is 11.9. The number of hydrogen-bond acceptors (Lipinski definition) is 5. The number of fused-ring (bicyclic) bond motifs is 1. The molecule has 1 aromatic heterocycles. The summed E-state index contributed by atoms with van der Waals surface area (Å²) >= 11 is 12.2. The molecule has 0 saturated carbocycles. The number of carbonyl (C=O) groups excluding carboxylic acids is 2. The van der Waals surface area contributed by atoms with E-state index in [1.165, 1.54) is 14.2 Å². The second-order valence-electron chi connectivity index (χ2n) is 5.33. The van der Waals surface area contributed by atoms with Gasteiger partial charge in [0, 0.05) is 32.1 Å². The third kappa shape index (κ3) is 3.07. The zero-order chi connectivity index (χ0) is 18.3. The van der Waals surface area contributed by atoms with Crippen molar-refractivity contribution in [1.82, 2.24) is 4.57 Å². The number of methoxy groups -OCH3 is 2. The number of hydrogen-bond donors (Lipinski definition) is 0. The summed E-state index contributed by atoms with van der Waals surface area (Å²) < 4.78 is 23.4. The van der Waals surface area contributed by atoms with Gasteiger partial charge in [-0.05, 0) is 18.2 Å². The normalized spacial score (nSPS) is 15.8. The molecule has 0 spiro atoms. The Morgan fingerprint density at radius 2 is 1.60 bits per heavy atom. The number of halogens is 2. The molecule has 9 heteroatoms. The molecule has 0 N–H and O–H groups in total. The van der Waals surface area contributed by atoms with Gasteiger partial charge in [0.25, 0.3) is 0 Å². The van der Waals surface area contributed by atoms with Gasteiger partial charge in [0.1, 0.15) is 5.56 Å². The third-order valence-electron chi connectivity index (χ3n) is 3.86.